The van der Waals surface area contributed by atoms with E-state index < -0.39 is 5.97 Å². The first kappa shape index (κ1) is 17.5. The number of benzene rings is 1. The van der Waals surface area contributed by atoms with E-state index in [2.05, 4.69) is 15.1 Å². The molecule has 0 aliphatic carbocycles. The highest BCUT2D eigenvalue weighted by Crippen LogP contribution is 2.25. The van der Waals surface area contributed by atoms with Crippen LogP contribution in [0.5, 0.6) is 0 Å². The largest absolute Gasteiger partial charge is 0.465 e. The molecule has 7 nitrogen and oxygen atoms in total. The number of rotatable bonds is 4. The molecule has 0 bridgehead atoms. The highest BCUT2D eigenvalue weighted by atomic mass is 16.5. The summed E-state index contributed by atoms with van der Waals surface area (Å²) in [6.45, 7) is 0.289. The molecule has 0 fully saturated rings. The highest BCUT2D eigenvalue weighted by molar-refractivity contribution is 5.95. The molecule has 28 heavy (non-hydrogen) atoms. The Morgan fingerprint density at radius 2 is 1.89 bits per heavy atom. The molecule has 0 atom stereocenters. The average Bonchev–Trinajstić information content (AvgIpc) is 2.76. The molecule has 3 aromatic heterocycles. The average molecular weight is 372 g/mol. The van der Waals surface area contributed by atoms with Gasteiger partial charge in [-0.3, -0.25) is 14.8 Å². The predicted octanol–water partition coefficient (Wildman–Crippen LogP) is 2.69. The monoisotopic (exact) mass is 372 g/mol. The Hall–Kier alpha value is -3.87. The maximum atomic E-state index is 12.9. The van der Waals surface area contributed by atoms with Gasteiger partial charge in [0.15, 0.2) is 0 Å². The van der Waals surface area contributed by atoms with Gasteiger partial charge in [0.1, 0.15) is 11.2 Å². The Bertz CT molecular complexity index is 1220. The number of carbonyl (C=O) groups excluding carboxylic acids is 1. The first-order valence-corrected chi connectivity index (χ1v) is 8.61. The summed E-state index contributed by atoms with van der Waals surface area (Å²) in [7, 11) is 1.33. The van der Waals surface area contributed by atoms with Gasteiger partial charge < -0.3 is 4.74 Å². The minimum Gasteiger partial charge on any atom is -0.465 e. The molecule has 4 rings (SSSR count). The maximum absolute atomic E-state index is 12.9. The zero-order valence-corrected chi connectivity index (χ0v) is 15.1. The number of pyridine rings is 2. The van der Waals surface area contributed by atoms with Crippen LogP contribution in [-0.4, -0.2) is 32.8 Å². The van der Waals surface area contributed by atoms with Gasteiger partial charge in [-0.2, -0.15) is 5.10 Å². The summed E-state index contributed by atoms with van der Waals surface area (Å²) in [5.74, 6) is -0.436. The third-order valence-electron chi connectivity index (χ3n) is 4.36. The maximum Gasteiger partial charge on any atom is 0.337 e. The van der Waals surface area contributed by atoms with E-state index in [0.717, 1.165) is 5.56 Å². The summed E-state index contributed by atoms with van der Waals surface area (Å²) in [5, 5.41) is 5.21. The second kappa shape index (κ2) is 7.40. The summed E-state index contributed by atoms with van der Waals surface area (Å²) in [6.07, 6.45) is 4.91. The number of aromatic nitrogens is 4. The van der Waals surface area contributed by atoms with Crippen LogP contribution >= 0.6 is 0 Å². The van der Waals surface area contributed by atoms with E-state index in [9.17, 15) is 9.59 Å². The van der Waals surface area contributed by atoms with Crippen molar-refractivity contribution < 1.29 is 9.53 Å². The summed E-state index contributed by atoms with van der Waals surface area (Å²) >= 11 is 0. The number of esters is 1. The fourth-order valence-electron chi connectivity index (χ4n) is 3.00. The van der Waals surface area contributed by atoms with Crippen LogP contribution < -0.4 is 5.56 Å². The molecule has 0 amide bonds. The van der Waals surface area contributed by atoms with Gasteiger partial charge in [-0.1, -0.05) is 12.1 Å². The summed E-state index contributed by atoms with van der Waals surface area (Å²) in [4.78, 5) is 33.1. The van der Waals surface area contributed by atoms with E-state index in [1.54, 1.807) is 48.9 Å². The fourth-order valence-corrected chi connectivity index (χ4v) is 3.00. The predicted molar refractivity (Wildman–Crippen MR) is 104 cm³/mol. The van der Waals surface area contributed by atoms with Crippen molar-refractivity contribution in [1.29, 1.82) is 0 Å². The molecule has 4 aromatic rings. The number of ether oxygens (including phenoxy) is 1. The van der Waals surface area contributed by atoms with Gasteiger partial charge in [0.2, 0.25) is 0 Å². The summed E-state index contributed by atoms with van der Waals surface area (Å²) < 4.78 is 6.18. The van der Waals surface area contributed by atoms with E-state index >= 15 is 0 Å². The number of methoxy groups -OCH3 is 1. The molecule has 0 saturated carbocycles. The Kier molecular flexibility index (Phi) is 4.63. The lowest BCUT2D eigenvalue weighted by atomic mass is 10.0. The zero-order valence-electron chi connectivity index (χ0n) is 15.1. The van der Waals surface area contributed by atoms with E-state index in [1.165, 1.54) is 11.8 Å². The molecule has 0 unspecified atom stereocenters. The number of hydrogen-bond acceptors (Lipinski definition) is 6. The number of carbonyl (C=O) groups is 1. The topological polar surface area (TPSA) is 87.0 Å². The minimum atomic E-state index is -0.436. The smallest absolute Gasteiger partial charge is 0.337 e. The molecule has 0 spiro atoms. The van der Waals surface area contributed by atoms with Crippen LogP contribution in [0.15, 0.2) is 71.9 Å². The number of nitrogens with zero attached hydrogens (tertiary/aromatic N) is 4. The Morgan fingerprint density at radius 3 is 2.68 bits per heavy atom. The van der Waals surface area contributed by atoms with Gasteiger partial charge in [0.25, 0.3) is 5.56 Å². The minimum absolute atomic E-state index is 0.278. The molecule has 0 saturated heterocycles. The fraction of sp³-hybridized carbons (Fsp3) is 0.0952. The third-order valence-corrected chi connectivity index (χ3v) is 4.36. The normalized spacial score (nSPS) is 10.8. The number of fused-ring (bicyclic) bond motifs is 1. The quantitative estimate of drug-likeness (QED) is 0.512. The lowest BCUT2D eigenvalue weighted by molar-refractivity contribution is 0.0601. The molecule has 0 aliphatic heterocycles. The molecular formula is C21H16N4O3. The lowest BCUT2D eigenvalue weighted by Crippen LogP contribution is -2.25. The lowest BCUT2D eigenvalue weighted by Gasteiger charge is -2.11. The van der Waals surface area contributed by atoms with E-state index in [-0.39, 0.29) is 12.1 Å². The molecule has 3 heterocycles. The number of hydrogen-bond donors (Lipinski definition) is 0. The Balaban J connectivity index is 1.92. The van der Waals surface area contributed by atoms with E-state index in [1.807, 2.05) is 18.2 Å². The van der Waals surface area contributed by atoms with Crippen molar-refractivity contribution in [1.82, 2.24) is 19.7 Å². The Morgan fingerprint density at radius 1 is 1.07 bits per heavy atom. The van der Waals surface area contributed by atoms with Crippen molar-refractivity contribution in [3.05, 3.63) is 88.6 Å². The van der Waals surface area contributed by atoms with Gasteiger partial charge in [0.05, 0.1) is 19.2 Å². The van der Waals surface area contributed by atoms with Crippen LogP contribution in [0.4, 0.5) is 0 Å². The third kappa shape index (κ3) is 3.25. The van der Waals surface area contributed by atoms with Crippen molar-refractivity contribution in [3.63, 3.8) is 0 Å². The SMILES string of the molecule is COC(=O)c1cccc(-c2nn(Cc3ccncc3)c(=O)c3ncccc23)c1. The van der Waals surface area contributed by atoms with Crippen molar-refractivity contribution in [2.45, 2.75) is 6.54 Å². The first-order valence-electron chi connectivity index (χ1n) is 8.61. The standard InChI is InChI=1S/C21H16N4O3/c1-28-21(27)16-5-2-4-15(12-16)18-17-6-3-9-23-19(17)20(26)25(24-18)13-14-7-10-22-11-8-14/h2-12H,13H2,1H3. The van der Waals surface area contributed by atoms with Gasteiger partial charge >= 0.3 is 5.97 Å². The molecule has 0 N–H and O–H groups in total. The molecular weight excluding hydrogens is 356 g/mol. The van der Waals surface area contributed by atoms with Crippen LogP contribution in [0.3, 0.4) is 0 Å². The van der Waals surface area contributed by atoms with Gasteiger partial charge in [-0.25, -0.2) is 9.48 Å². The van der Waals surface area contributed by atoms with Gasteiger partial charge in [-0.15, -0.1) is 0 Å². The zero-order chi connectivity index (χ0) is 19.5. The van der Waals surface area contributed by atoms with Gasteiger partial charge in [0, 0.05) is 29.5 Å². The van der Waals surface area contributed by atoms with Crippen molar-refractivity contribution in [3.8, 4) is 11.3 Å². The van der Waals surface area contributed by atoms with Crippen LogP contribution in [-0.2, 0) is 11.3 Å². The molecule has 7 heteroatoms. The second-order valence-corrected chi connectivity index (χ2v) is 6.14. The molecule has 0 radical (unpaired) electrons. The van der Waals surface area contributed by atoms with Gasteiger partial charge in [-0.05, 0) is 42.0 Å². The van der Waals surface area contributed by atoms with Crippen molar-refractivity contribution >= 4 is 16.9 Å². The summed E-state index contributed by atoms with van der Waals surface area (Å²) in [6, 6.07) is 14.2. The van der Waals surface area contributed by atoms with E-state index in [0.29, 0.717) is 27.7 Å². The van der Waals surface area contributed by atoms with Crippen LogP contribution in [0.25, 0.3) is 22.2 Å². The summed E-state index contributed by atoms with van der Waals surface area (Å²) in [5.41, 5.74) is 2.62. The van der Waals surface area contributed by atoms with Crippen LogP contribution in [0, 0.1) is 0 Å². The first-order chi connectivity index (χ1) is 13.7. The molecule has 138 valence electrons. The van der Waals surface area contributed by atoms with Crippen molar-refractivity contribution in [2.75, 3.05) is 7.11 Å². The molecule has 0 aliphatic rings. The second-order valence-electron chi connectivity index (χ2n) is 6.14. The van der Waals surface area contributed by atoms with Crippen molar-refractivity contribution in [2.24, 2.45) is 0 Å². The highest BCUT2D eigenvalue weighted by Gasteiger charge is 2.15. The van der Waals surface area contributed by atoms with Crippen LogP contribution in [0.1, 0.15) is 15.9 Å². The van der Waals surface area contributed by atoms with Crippen LogP contribution in [0.2, 0.25) is 0 Å². The Labute approximate surface area is 160 Å². The molecule has 1 aromatic carbocycles. The van der Waals surface area contributed by atoms with E-state index in [4.69, 9.17) is 4.74 Å².